The molecule has 0 saturated heterocycles. The number of hydrogen-bond acceptors (Lipinski definition) is 5. The van der Waals surface area contributed by atoms with Crippen molar-refractivity contribution in [1.82, 2.24) is 26.0 Å². The molecule has 2 aromatic rings. The highest BCUT2D eigenvalue weighted by Gasteiger charge is 2.05. The van der Waals surface area contributed by atoms with Gasteiger partial charge in [0.2, 0.25) is 5.91 Å². The molecular weight excluding hydrogens is 376 g/mol. The first-order chi connectivity index (χ1) is 10.1. The molecule has 0 fully saturated rings. The summed E-state index contributed by atoms with van der Waals surface area (Å²) >= 11 is 9.66. The molecule has 7 nitrogen and oxygen atoms in total. The number of carbonyl (C=O) groups is 1. The lowest BCUT2D eigenvalue weighted by molar-refractivity contribution is -0.119. The zero-order valence-corrected chi connectivity index (χ0v) is 13.8. The molecule has 0 radical (unpaired) electrons. The average Bonchev–Trinajstić information content (AvgIpc) is 2.99. The third-order valence-electron chi connectivity index (χ3n) is 2.15. The Morgan fingerprint density at radius 2 is 2.10 bits per heavy atom. The minimum atomic E-state index is -0.226. The van der Waals surface area contributed by atoms with Crippen molar-refractivity contribution in [1.29, 1.82) is 0 Å². The summed E-state index contributed by atoms with van der Waals surface area (Å²) in [7, 11) is 0. The summed E-state index contributed by atoms with van der Waals surface area (Å²) in [5.41, 5.74) is 5.94. The van der Waals surface area contributed by atoms with E-state index in [0.717, 1.165) is 10.2 Å². The maximum absolute atomic E-state index is 11.6. The minimum absolute atomic E-state index is 0.198. The molecule has 1 amide bonds. The van der Waals surface area contributed by atoms with Gasteiger partial charge in [-0.2, -0.15) is 5.10 Å². The van der Waals surface area contributed by atoms with E-state index in [1.54, 1.807) is 0 Å². The van der Waals surface area contributed by atoms with Crippen molar-refractivity contribution in [3.8, 4) is 0 Å². The smallest absolute Gasteiger partial charge is 0.248 e. The van der Waals surface area contributed by atoms with Gasteiger partial charge >= 0.3 is 0 Å². The van der Waals surface area contributed by atoms with Crippen LogP contribution in [-0.4, -0.2) is 32.0 Å². The maximum atomic E-state index is 11.6. The van der Waals surface area contributed by atoms with Crippen LogP contribution in [0, 0.1) is 0 Å². The van der Waals surface area contributed by atoms with E-state index in [9.17, 15) is 4.79 Å². The summed E-state index contributed by atoms with van der Waals surface area (Å²) in [5.74, 6) is -0.0281. The Bertz CT molecular complexity index is 604. The first kappa shape index (κ1) is 15.7. The standard InChI is InChI=1S/C11H11BrN6OS2/c12-7-1-3-8(4-2-7)15-10(20)17-16-9(19)5-21-11-13-6-14-18-11/h1-4,6H,5H2,(H,16,19)(H,13,14,18)(H2,15,17,20). The second kappa shape index (κ2) is 7.96. The van der Waals surface area contributed by atoms with Crippen LogP contribution in [0.2, 0.25) is 0 Å². The summed E-state index contributed by atoms with van der Waals surface area (Å²) in [6.45, 7) is 0. The van der Waals surface area contributed by atoms with Crippen LogP contribution in [0.25, 0.3) is 0 Å². The summed E-state index contributed by atoms with van der Waals surface area (Å²) in [5, 5.41) is 10.2. The second-order valence-electron chi connectivity index (χ2n) is 3.71. The number of nitrogens with one attached hydrogen (secondary N) is 4. The molecule has 4 N–H and O–H groups in total. The molecule has 1 aromatic heterocycles. The van der Waals surface area contributed by atoms with Crippen LogP contribution in [0.5, 0.6) is 0 Å². The van der Waals surface area contributed by atoms with Gasteiger partial charge < -0.3 is 5.32 Å². The third-order valence-corrected chi connectivity index (χ3v) is 3.76. The SMILES string of the molecule is O=C(CSc1ncn[nH]1)NNC(=S)Nc1ccc(Br)cc1. The van der Waals surface area contributed by atoms with Crippen LogP contribution in [-0.2, 0) is 4.79 Å². The number of halogens is 1. The summed E-state index contributed by atoms with van der Waals surface area (Å²) < 4.78 is 0.977. The van der Waals surface area contributed by atoms with Crippen LogP contribution >= 0.6 is 39.9 Å². The number of hydrazine groups is 1. The molecule has 0 aliphatic rings. The monoisotopic (exact) mass is 386 g/mol. The first-order valence-corrected chi connectivity index (χ1v) is 7.92. The lowest BCUT2D eigenvalue weighted by atomic mass is 10.3. The number of anilines is 1. The largest absolute Gasteiger partial charge is 0.331 e. The molecule has 0 atom stereocenters. The fourth-order valence-corrected chi connectivity index (χ4v) is 2.27. The maximum Gasteiger partial charge on any atom is 0.248 e. The van der Waals surface area contributed by atoms with E-state index >= 15 is 0 Å². The lowest BCUT2D eigenvalue weighted by Gasteiger charge is -2.11. The molecule has 0 aliphatic carbocycles. The molecule has 0 aliphatic heterocycles. The van der Waals surface area contributed by atoms with Gasteiger partial charge in [-0.25, -0.2) is 4.98 Å². The van der Waals surface area contributed by atoms with Gasteiger partial charge in [0.15, 0.2) is 10.3 Å². The number of thioether (sulfide) groups is 1. The topological polar surface area (TPSA) is 94.7 Å². The summed E-state index contributed by atoms with van der Waals surface area (Å²) in [6.07, 6.45) is 1.38. The highest BCUT2D eigenvalue weighted by molar-refractivity contribution is 9.10. The normalized spacial score (nSPS) is 9.95. The van der Waals surface area contributed by atoms with E-state index in [1.165, 1.54) is 18.1 Å². The second-order valence-corrected chi connectivity index (χ2v) is 6.00. The number of benzene rings is 1. The molecule has 0 spiro atoms. The van der Waals surface area contributed by atoms with Gasteiger partial charge in [0.05, 0.1) is 5.75 Å². The quantitative estimate of drug-likeness (QED) is 0.360. The van der Waals surface area contributed by atoms with E-state index in [2.05, 4.69) is 47.3 Å². The number of H-pyrrole nitrogens is 1. The molecule has 21 heavy (non-hydrogen) atoms. The van der Waals surface area contributed by atoms with Crippen LogP contribution < -0.4 is 16.2 Å². The van der Waals surface area contributed by atoms with Gasteiger partial charge in [-0.05, 0) is 36.5 Å². The van der Waals surface area contributed by atoms with Gasteiger partial charge in [0.25, 0.3) is 0 Å². The van der Waals surface area contributed by atoms with Crippen molar-refractivity contribution in [2.24, 2.45) is 0 Å². The van der Waals surface area contributed by atoms with Crippen molar-refractivity contribution < 1.29 is 4.79 Å². The molecule has 2 rings (SSSR count). The van der Waals surface area contributed by atoms with Crippen molar-refractivity contribution in [2.75, 3.05) is 11.1 Å². The Balaban J connectivity index is 1.68. The van der Waals surface area contributed by atoms with Gasteiger partial charge in [-0.3, -0.25) is 20.7 Å². The third kappa shape index (κ3) is 5.69. The highest BCUT2D eigenvalue weighted by atomic mass is 79.9. The number of hydrogen-bond donors (Lipinski definition) is 4. The van der Waals surface area contributed by atoms with Crippen LogP contribution in [0.3, 0.4) is 0 Å². The first-order valence-electron chi connectivity index (χ1n) is 5.73. The van der Waals surface area contributed by atoms with Crippen molar-refractivity contribution >= 4 is 56.6 Å². The fraction of sp³-hybridized carbons (Fsp3) is 0.0909. The Labute approximate surface area is 138 Å². The molecule has 1 heterocycles. The zero-order chi connectivity index (χ0) is 15.1. The van der Waals surface area contributed by atoms with Crippen LogP contribution in [0.4, 0.5) is 5.69 Å². The summed E-state index contributed by atoms with van der Waals surface area (Å²) in [6, 6.07) is 7.49. The Kier molecular flexibility index (Phi) is 5.96. The molecule has 0 bridgehead atoms. The van der Waals surface area contributed by atoms with E-state index in [-0.39, 0.29) is 11.7 Å². The van der Waals surface area contributed by atoms with Gasteiger partial charge in [-0.1, -0.05) is 27.7 Å². The number of aromatic nitrogens is 3. The predicted molar refractivity (Wildman–Crippen MR) is 88.7 cm³/mol. The summed E-state index contributed by atoms with van der Waals surface area (Å²) in [4.78, 5) is 15.5. The van der Waals surface area contributed by atoms with E-state index in [1.807, 2.05) is 24.3 Å². The van der Waals surface area contributed by atoms with E-state index in [0.29, 0.717) is 10.3 Å². The van der Waals surface area contributed by atoms with Crippen molar-refractivity contribution in [2.45, 2.75) is 5.16 Å². The predicted octanol–water partition coefficient (Wildman–Crippen LogP) is 1.68. The molecule has 10 heteroatoms. The number of rotatable bonds is 4. The van der Waals surface area contributed by atoms with Crippen molar-refractivity contribution in [3.05, 3.63) is 35.1 Å². The van der Waals surface area contributed by atoms with Crippen LogP contribution in [0.1, 0.15) is 0 Å². The van der Waals surface area contributed by atoms with Crippen molar-refractivity contribution in [3.63, 3.8) is 0 Å². The fourth-order valence-electron chi connectivity index (χ4n) is 1.26. The average molecular weight is 387 g/mol. The lowest BCUT2D eigenvalue weighted by Crippen LogP contribution is -2.44. The Hall–Kier alpha value is -1.65. The minimum Gasteiger partial charge on any atom is -0.331 e. The zero-order valence-electron chi connectivity index (χ0n) is 10.6. The molecular formula is C11H11BrN6OS2. The van der Waals surface area contributed by atoms with E-state index < -0.39 is 0 Å². The number of amides is 1. The highest BCUT2D eigenvalue weighted by Crippen LogP contribution is 2.13. The van der Waals surface area contributed by atoms with E-state index in [4.69, 9.17) is 12.2 Å². The number of aromatic amines is 1. The van der Waals surface area contributed by atoms with Gasteiger partial charge in [-0.15, -0.1) is 0 Å². The Morgan fingerprint density at radius 3 is 2.76 bits per heavy atom. The molecule has 0 saturated carbocycles. The van der Waals surface area contributed by atoms with Gasteiger partial charge in [0, 0.05) is 10.2 Å². The number of carbonyl (C=O) groups excluding carboxylic acids is 1. The molecule has 110 valence electrons. The van der Waals surface area contributed by atoms with Crippen LogP contribution in [0.15, 0.2) is 40.2 Å². The Morgan fingerprint density at radius 1 is 1.33 bits per heavy atom. The number of thiocarbonyl (C=S) groups is 1. The van der Waals surface area contributed by atoms with Gasteiger partial charge in [0.1, 0.15) is 6.33 Å². The molecule has 1 aromatic carbocycles. The molecule has 0 unspecified atom stereocenters. The number of nitrogens with zero attached hydrogens (tertiary/aromatic N) is 2.